The number of carbonyl (C=O) groups excluding carboxylic acids is 1. The molecule has 0 aliphatic carbocycles. The number of rotatable bonds is 4. The molecule has 0 saturated carbocycles. The van der Waals surface area contributed by atoms with Gasteiger partial charge >= 0.3 is 0 Å². The van der Waals surface area contributed by atoms with E-state index < -0.39 is 0 Å². The van der Waals surface area contributed by atoms with Gasteiger partial charge in [-0.05, 0) is 6.92 Å². The Morgan fingerprint density at radius 1 is 1.38 bits per heavy atom. The Bertz CT molecular complexity index is 219. The molecule has 0 aromatic heterocycles. The Morgan fingerprint density at radius 3 is 2.31 bits per heavy atom. The molecule has 0 N–H and O–H groups in total. The fourth-order valence-electron chi connectivity index (χ4n) is 0.617. The van der Waals surface area contributed by atoms with Crippen LogP contribution in [0.2, 0.25) is 0 Å². The van der Waals surface area contributed by atoms with Crippen molar-refractivity contribution in [2.24, 2.45) is 0 Å². The van der Waals surface area contributed by atoms with E-state index in [1.165, 1.54) is 4.90 Å². The minimum atomic E-state index is 0.00937. The lowest BCUT2D eigenvalue weighted by molar-refractivity contribution is -0.123. The van der Waals surface area contributed by atoms with Gasteiger partial charge in [0.2, 0.25) is 5.91 Å². The van der Waals surface area contributed by atoms with Crippen LogP contribution < -0.4 is 0 Å². The first kappa shape index (κ1) is 11.8. The van der Waals surface area contributed by atoms with E-state index in [4.69, 9.17) is 0 Å². The van der Waals surface area contributed by atoms with Gasteiger partial charge in [-0.15, -0.1) is 0 Å². The summed E-state index contributed by atoms with van der Waals surface area (Å²) >= 11 is 0. The second kappa shape index (κ2) is 5.41. The van der Waals surface area contributed by atoms with Crippen molar-refractivity contribution in [3.8, 4) is 0 Å². The average Bonchev–Trinajstić information content (AvgIpc) is 2.03. The smallest absolute Gasteiger partial charge is 0.245 e. The third kappa shape index (κ3) is 5.06. The van der Waals surface area contributed by atoms with Gasteiger partial charge in [-0.3, -0.25) is 4.79 Å². The van der Waals surface area contributed by atoms with Gasteiger partial charge in [-0.1, -0.05) is 12.7 Å². The van der Waals surface area contributed by atoms with Gasteiger partial charge in [0.1, 0.15) is 0 Å². The van der Waals surface area contributed by atoms with Crippen molar-refractivity contribution in [3.05, 3.63) is 24.4 Å². The van der Waals surface area contributed by atoms with E-state index in [0.29, 0.717) is 0 Å². The summed E-state index contributed by atoms with van der Waals surface area (Å²) in [5.41, 5.74) is 0.988. The molecule has 0 atom stereocenters. The molecule has 0 radical (unpaired) electrons. The average molecular weight is 182 g/mol. The van der Waals surface area contributed by atoms with E-state index in [9.17, 15) is 4.79 Å². The number of nitrogens with zero attached hydrogens (tertiary/aromatic N) is 2. The summed E-state index contributed by atoms with van der Waals surface area (Å²) in [5, 5.41) is 0. The Labute approximate surface area is 80.3 Å². The minimum Gasteiger partial charge on any atom is -0.375 e. The molecule has 74 valence electrons. The molecule has 0 saturated heterocycles. The zero-order valence-corrected chi connectivity index (χ0v) is 8.87. The molecule has 0 heterocycles. The fourth-order valence-corrected chi connectivity index (χ4v) is 0.617. The van der Waals surface area contributed by atoms with Crippen LogP contribution >= 0.6 is 0 Å². The Morgan fingerprint density at radius 2 is 1.92 bits per heavy atom. The normalized spacial score (nSPS) is 10.2. The quantitative estimate of drug-likeness (QED) is 0.608. The summed E-state index contributed by atoms with van der Waals surface area (Å²) in [7, 11) is 5.40. The summed E-state index contributed by atoms with van der Waals surface area (Å²) in [6.07, 6.45) is 3.40. The molecule has 0 unspecified atom stereocenters. The van der Waals surface area contributed by atoms with Crippen LogP contribution in [0.4, 0.5) is 0 Å². The van der Waals surface area contributed by atoms with Gasteiger partial charge in [0.25, 0.3) is 0 Å². The van der Waals surface area contributed by atoms with Crippen molar-refractivity contribution in [1.29, 1.82) is 0 Å². The molecule has 3 heteroatoms. The highest BCUT2D eigenvalue weighted by molar-refractivity contribution is 5.87. The van der Waals surface area contributed by atoms with Gasteiger partial charge in [-0.2, -0.15) is 0 Å². The van der Waals surface area contributed by atoms with Crippen molar-refractivity contribution in [1.82, 2.24) is 9.80 Å². The van der Waals surface area contributed by atoms with Crippen LogP contribution in [-0.4, -0.2) is 43.4 Å². The molecule has 0 aromatic carbocycles. The Hall–Kier alpha value is -1.25. The largest absolute Gasteiger partial charge is 0.375 e. The molecule has 0 rings (SSSR count). The van der Waals surface area contributed by atoms with E-state index >= 15 is 0 Å². The highest BCUT2D eigenvalue weighted by Gasteiger charge is 1.97. The summed E-state index contributed by atoms with van der Waals surface area (Å²) in [6.45, 7) is 6.43. The van der Waals surface area contributed by atoms with Gasteiger partial charge < -0.3 is 9.80 Å². The standard InChI is InChI=1S/C10H18N2O/c1-9(2)12(5)8-6-7-10(13)11(3)4/h6-7H,1,8H2,2-5H3/b7-6+. The maximum atomic E-state index is 11.1. The predicted octanol–water partition coefficient (Wildman–Crippen LogP) is 1.10. The number of carbonyl (C=O) groups is 1. The lowest BCUT2D eigenvalue weighted by Crippen LogP contribution is -2.20. The van der Waals surface area contributed by atoms with Gasteiger partial charge in [0, 0.05) is 39.5 Å². The predicted molar refractivity (Wildman–Crippen MR) is 55.3 cm³/mol. The molecule has 0 bridgehead atoms. The van der Waals surface area contributed by atoms with Crippen LogP contribution in [0.5, 0.6) is 0 Å². The summed E-state index contributed by atoms with van der Waals surface area (Å²) < 4.78 is 0. The number of amides is 1. The van der Waals surface area contributed by atoms with Crippen LogP contribution in [0.1, 0.15) is 6.92 Å². The Balaban J connectivity index is 3.88. The first-order chi connectivity index (χ1) is 5.95. The van der Waals surface area contributed by atoms with Gasteiger partial charge in [0.05, 0.1) is 0 Å². The molecule has 0 aromatic rings. The first-order valence-electron chi connectivity index (χ1n) is 4.19. The Kier molecular flexibility index (Phi) is 4.89. The molecule has 0 fully saturated rings. The fraction of sp³-hybridized carbons (Fsp3) is 0.500. The van der Waals surface area contributed by atoms with E-state index in [2.05, 4.69) is 6.58 Å². The van der Waals surface area contributed by atoms with E-state index in [1.54, 1.807) is 20.2 Å². The second-order valence-electron chi connectivity index (χ2n) is 3.25. The molecule has 1 amide bonds. The van der Waals surface area contributed by atoms with Crippen LogP contribution in [-0.2, 0) is 4.79 Å². The van der Waals surface area contributed by atoms with E-state index in [0.717, 1.165) is 12.2 Å². The number of hydrogen-bond donors (Lipinski definition) is 0. The zero-order valence-electron chi connectivity index (χ0n) is 8.87. The molecule has 0 aliphatic heterocycles. The SMILES string of the molecule is C=C(C)N(C)C/C=C/C(=O)N(C)C. The topological polar surface area (TPSA) is 23.6 Å². The lowest BCUT2D eigenvalue weighted by Gasteiger charge is -2.15. The van der Waals surface area contributed by atoms with Crippen molar-refractivity contribution >= 4 is 5.91 Å². The van der Waals surface area contributed by atoms with E-state index in [1.807, 2.05) is 24.9 Å². The number of allylic oxidation sites excluding steroid dienone is 1. The summed E-state index contributed by atoms with van der Waals surface area (Å²) in [5.74, 6) is 0.00937. The van der Waals surface area contributed by atoms with Gasteiger partial charge in [-0.25, -0.2) is 0 Å². The van der Waals surface area contributed by atoms with Gasteiger partial charge in [0.15, 0.2) is 0 Å². The molecular weight excluding hydrogens is 164 g/mol. The minimum absolute atomic E-state index is 0.00937. The first-order valence-corrected chi connectivity index (χ1v) is 4.19. The highest BCUT2D eigenvalue weighted by Crippen LogP contribution is 1.95. The third-order valence-corrected chi connectivity index (χ3v) is 1.73. The summed E-state index contributed by atoms with van der Waals surface area (Å²) in [4.78, 5) is 14.6. The van der Waals surface area contributed by atoms with Crippen molar-refractivity contribution in [2.45, 2.75) is 6.92 Å². The lowest BCUT2D eigenvalue weighted by atomic mass is 10.4. The highest BCUT2D eigenvalue weighted by atomic mass is 16.2. The van der Waals surface area contributed by atoms with Crippen molar-refractivity contribution in [2.75, 3.05) is 27.7 Å². The molecule has 13 heavy (non-hydrogen) atoms. The molecule has 0 spiro atoms. The van der Waals surface area contributed by atoms with Crippen LogP contribution in [0.3, 0.4) is 0 Å². The van der Waals surface area contributed by atoms with Crippen LogP contribution in [0, 0.1) is 0 Å². The van der Waals surface area contributed by atoms with Crippen LogP contribution in [0.15, 0.2) is 24.4 Å². The molecular formula is C10H18N2O. The number of hydrogen-bond acceptors (Lipinski definition) is 2. The molecule has 0 aliphatic rings. The van der Waals surface area contributed by atoms with Crippen LogP contribution in [0.25, 0.3) is 0 Å². The van der Waals surface area contributed by atoms with E-state index in [-0.39, 0.29) is 5.91 Å². The maximum absolute atomic E-state index is 11.1. The third-order valence-electron chi connectivity index (χ3n) is 1.73. The van der Waals surface area contributed by atoms with Crippen molar-refractivity contribution < 1.29 is 4.79 Å². The number of likely N-dealkylation sites (N-methyl/N-ethyl adjacent to an activating group) is 2. The zero-order chi connectivity index (χ0) is 10.4. The second-order valence-corrected chi connectivity index (χ2v) is 3.25. The van der Waals surface area contributed by atoms with Crippen molar-refractivity contribution in [3.63, 3.8) is 0 Å². The monoisotopic (exact) mass is 182 g/mol. The molecule has 3 nitrogen and oxygen atoms in total. The maximum Gasteiger partial charge on any atom is 0.245 e. The summed E-state index contributed by atoms with van der Waals surface area (Å²) in [6, 6.07) is 0.